The normalized spacial score (nSPS) is 14.2. The van der Waals surface area contributed by atoms with E-state index in [4.69, 9.17) is 8.85 Å². The van der Waals surface area contributed by atoms with Crippen LogP contribution < -0.4 is 0 Å². The van der Waals surface area contributed by atoms with Gasteiger partial charge in [0.1, 0.15) is 0 Å². The Morgan fingerprint density at radius 3 is 1.65 bits per heavy atom. The molecule has 0 N–H and O–H groups in total. The zero-order chi connectivity index (χ0) is 15.1. The number of unbranched alkanes of at least 4 members (excludes halogenated alkanes) is 8. The van der Waals surface area contributed by atoms with E-state index in [0.717, 1.165) is 26.1 Å². The Hall–Kier alpha value is -0.123. The first-order chi connectivity index (χ1) is 9.68. The van der Waals surface area contributed by atoms with E-state index in [0.29, 0.717) is 0 Å². The molecule has 0 bridgehead atoms. The Balaban J connectivity index is 3.54. The molecule has 0 saturated carbocycles. The van der Waals surface area contributed by atoms with E-state index < -0.39 is 8.56 Å². The third-order valence-electron chi connectivity index (χ3n) is 3.64. The summed E-state index contributed by atoms with van der Waals surface area (Å²) >= 11 is 0. The van der Waals surface area contributed by atoms with Gasteiger partial charge >= 0.3 is 8.56 Å². The maximum atomic E-state index is 5.99. The Labute approximate surface area is 128 Å². The summed E-state index contributed by atoms with van der Waals surface area (Å²) in [6.07, 6.45) is 12.8. The lowest BCUT2D eigenvalue weighted by Gasteiger charge is -2.23. The molecular formula is C17H36O2Si. The number of hydrogen-bond acceptors (Lipinski definition) is 2. The van der Waals surface area contributed by atoms with E-state index in [1.807, 2.05) is 5.70 Å². The highest BCUT2D eigenvalue weighted by Crippen LogP contribution is 2.12. The summed E-state index contributed by atoms with van der Waals surface area (Å²) in [5, 5.41) is 0. The highest BCUT2D eigenvalue weighted by atomic mass is 28.4. The van der Waals surface area contributed by atoms with E-state index in [9.17, 15) is 0 Å². The van der Waals surface area contributed by atoms with Crippen LogP contribution in [-0.2, 0) is 8.85 Å². The smallest absolute Gasteiger partial charge is 0.361 e. The predicted molar refractivity (Wildman–Crippen MR) is 91.2 cm³/mol. The van der Waals surface area contributed by atoms with Crippen molar-refractivity contribution in [3.63, 3.8) is 0 Å². The molecule has 20 heavy (non-hydrogen) atoms. The molecule has 0 fully saturated rings. The zero-order valence-electron chi connectivity index (χ0n) is 14.1. The summed E-state index contributed by atoms with van der Waals surface area (Å²) in [5.41, 5.74) is 1.92. The van der Waals surface area contributed by atoms with Gasteiger partial charge in [-0.2, -0.15) is 0 Å². The fraction of sp³-hybridized carbons (Fsp3) is 0.882. The molecular weight excluding hydrogens is 264 g/mol. The van der Waals surface area contributed by atoms with Gasteiger partial charge in [-0.05, 0) is 25.1 Å². The minimum Gasteiger partial charge on any atom is -0.391 e. The molecule has 120 valence electrons. The average molecular weight is 301 g/mol. The molecule has 0 spiro atoms. The summed E-state index contributed by atoms with van der Waals surface area (Å²) in [4.78, 5) is 0. The lowest BCUT2D eigenvalue weighted by molar-refractivity contribution is 0.178. The van der Waals surface area contributed by atoms with Crippen LogP contribution in [0.5, 0.6) is 0 Å². The molecule has 0 aromatic rings. The van der Waals surface area contributed by atoms with Crippen LogP contribution in [0.4, 0.5) is 0 Å². The molecule has 2 nitrogen and oxygen atoms in total. The Morgan fingerprint density at radius 2 is 1.15 bits per heavy atom. The van der Waals surface area contributed by atoms with Gasteiger partial charge < -0.3 is 8.85 Å². The molecule has 0 amide bonds. The van der Waals surface area contributed by atoms with Crippen molar-refractivity contribution in [1.82, 2.24) is 0 Å². The second kappa shape index (κ2) is 13.8. The lowest BCUT2D eigenvalue weighted by atomic mass is 10.1. The van der Waals surface area contributed by atoms with Crippen molar-refractivity contribution in [2.75, 3.05) is 13.2 Å². The molecule has 3 heteroatoms. The van der Waals surface area contributed by atoms with E-state index in [2.05, 4.69) is 27.0 Å². The molecule has 1 atom stereocenters. The van der Waals surface area contributed by atoms with Crippen molar-refractivity contribution in [3.8, 4) is 0 Å². The van der Waals surface area contributed by atoms with Crippen molar-refractivity contribution in [3.05, 3.63) is 12.3 Å². The van der Waals surface area contributed by atoms with Gasteiger partial charge in [-0.1, -0.05) is 65.2 Å². The highest BCUT2D eigenvalue weighted by molar-refractivity contribution is 6.71. The molecule has 0 aliphatic rings. The van der Waals surface area contributed by atoms with Crippen molar-refractivity contribution in [2.24, 2.45) is 0 Å². The maximum absolute atomic E-state index is 5.99. The average Bonchev–Trinajstić information content (AvgIpc) is 2.46. The summed E-state index contributed by atoms with van der Waals surface area (Å²) in [5.74, 6) is 0. The van der Waals surface area contributed by atoms with Gasteiger partial charge in [0.05, 0.1) is 0 Å². The van der Waals surface area contributed by atoms with Gasteiger partial charge in [0.15, 0.2) is 0 Å². The Kier molecular flexibility index (Phi) is 13.8. The van der Waals surface area contributed by atoms with Gasteiger partial charge in [0.2, 0.25) is 0 Å². The quantitative estimate of drug-likeness (QED) is 0.283. The molecule has 0 aromatic carbocycles. The molecule has 0 heterocycles. The Morgan fingerprint density at radius 1 is 0.750 bits per heavy atom. The summed E-state index contributed by atoms with van der Waals surface area (Å²) in [7, 11) is -2.09. The first kappa shape index (κ1) is 19.9. The van der Waals surface area contributed by atoms with Gasteiger partial charge in [-0.15, -0.1) is 6.58 Å². The molecule has 0 saturated heterocycles. The molecule has 0 radical (unpaired) electrons. The van der Waals surface area contributed by atoms with E-state index >= 15 is 0 Å². The van der Waals surface area contributed by atoms with Crippen LogP contribution in [0.25, 0.3) is 0 Å². The zero-order valence-corrected chi connectivity index (χ0v) is 15.1. The van der Waals surface area contributed by atoms with Crippen LogP contribution >= 0.6 is 0 Å². The monoisotopic (exact) mass is 300 g/mol. The van der Waals surface area contributed by atoms with E-state index in [1.54, 1.807) is 0 Å². The maximum Gasteiger partial charge on any atom is 0.361 e. The van der Waals surface area contributed by atoms with Crippen LogP contribution in [0.15, 0.2) is 12.3 Å². The van der Waals surface area contributed by atoms with Gasteiger partial charge in [0.25, 0.3) is 0 Å². The first-order valence-corrected chi connectivity index (χ1v) is 11.0. The highest BCUT2D eigenvalue weighted by Gasteiger charge is 2.26. The second-order valence-electron chi connectivity index (χ2n) is 5.75. The van der Waals surface area contributed by atoms with Gasteiger partial charge in [-0.25, -0.2) is 0 Å². The third kappa shape index (κ3) is 11.7. The molecule has 0 rings (SSSR count). The third-order valence-corrected chi connectivity index (χ3v) is 5.94. The first-order valence-electron chi connectivity index (χ1n) is 8.60. The summed E-state index contributed by atoms with van der Waals surface area (Å²) in [6.45, 7) is 12.1. The van der Waals surface area contributed by atoms with Crippen LogP contribution in [0.1, 0.15) is 78.1 Å². The standard InChI is InChI=1S/C17H36O2Si/c1-5-8-10-11-12-13-15-17-19-20(4,7-3)18-16-14-9-6-2/h7H,3,5-6,8-17H2,1-2,4H3. The lowest BCUT2D eigenvalue weighted by Crippen LogP contribution is -2.37. The molecule has 1 unspecified atom stereocenters. The van der Waals surface area contributed by atoms with Crippen LogP contribution in [-0.4, -0.2) is 21.8 Å². The SMILES string of the molecule is C=C[Si](C)(OCCCCC)OCCCCCCCCC. The van der Waals surface area contributed by atoms with Crippen molar-refractivity contribution < 1.29 is 8.85 Å². The fourth-order valence-corrected chi connectivity index (χ4v) is 3.54. The Bertz CT molecular complexity index is 221. The van der Waals surface area contributed by atoms with E-state index in [1.165, 1.54) is 51.4 Å². The summed E-state index contributed by atoms with van der Waals surface area (Å²) in [6, 6.07) is 0. The minimum atomic E-state index is -2.09. The van der Waals surface area contributed by atoms with Crippen molar-refractivity contribution in [1.29, 1.82) is 0 Å². The largest absolute Gasteiger partial charge is 0.391 e. The van der Waals surface area contributed by atoms with Crippen LogP contribution in [0, 0.1) is 0 Å². The molecule has 0 aliphatic heterocycles. The second-order valence-corrected chi connectivity index (χ2v) is 8.76. The minimum absolute atomic E-state index is 0.819. The number of rotatable bonds is 15. The van der Waals surface area contributed by atoms with E-state index in [-0.39, 0.29) is 0 Å². The van der Waals surface area contributed by atoms with Crippen molar-refractivity contribution >= 4 is 8.56 Å². The van der Waals surface area contributed by atoms with Crippen LogP contribution in [0.2, 0.25) is 6.55 Å². The van der Waals surface area contributed by atoms with Gasteiger partial charge in [0, 0.05) is 13.2 Å². The van der Waals surface area contributed by atoms with Crippen LogP contribution in [0.3, 0.4) is 0 Å². The van der Waals surface area contributed by atoms with Gasteiger partial charge in [-0.3, -0.25) is 0 Å². The topological polar surface area (TPSA) is 18.5 Å². The predicted octanol–water partition coefficient (Wildman–Crippen LogP) is 5.76. The summed E-state index contributed by atoms with van der Waals surface area (Å²) < 4.78 is 11.9. The van der Waals surface area contributed by atoms with Crippen molar-refractivity contribution in [2.45, 2.75) is 84.6 Å². The number of hydrogen-bond donors (Lipinski definition) is 0. The molecule has 0 aliphatic carbocycles. The fourth-order valence-electron chi connectivity index (χ4n) is 2.12. The molecule has 0 aromatic heterocycles.